The van der Waals surface area contributed by atoms with E-state index in [0.29, 0.717) is 6.10 Å². The fourth-order valence-corrected chi connectivity index (χ4v) is 0. The largest absolute Gasteiger partial charge is 0.412 e. The summed E-state index contributed by atoms with van der Waals surface area (Å²) in [4.78, 5) is 0. The van der Waals surface area contributed by atoms with Gasteiger partial charge >= 0.3 is 6.68 Å². The molecule has 0 aromatic rings. The topological polar surface area (TPSA) is 40.7 Å². The zero-order valence-corrected chi connectivity index (χ0v) is 6.61. The van der Waals surface area contributed by atoms with E-state index in [4.69, 9.17) is 4.74 Å². The van der Waals surface area contributed by atoms with Gasteiger partial charge in [-0.15, -0.1) is 0 Å². The first-order chi connectivity index (χ1) is 4.00. The first kappa shape index (κ1) is 22.4. The van der Waals surface area contributed by atoms with Gasteiger partial charge in [0.05, 0.1) is 6.10 Å². The molecule has 0 amide bonds. The van der Waals surface area contributed by atoms with Crippen molar-refractivity contribution >= 4 is 0 Å². The highest BCUT2D eigenvalue weighted by Gasteiger charge is 1.86. The first-order valence-corrected chi connectivity index (χ1v) is 2.45. The molecule has 0 saturated carbocycles. The smallest absolute Gasteiger partial charge is 0.379 e. The quantitative estimate of drug-likeness (QED) is 0.567. The van der Waals surface area contributed by atoms with Gasteiger partial charge in [0.2, 0.25) is 0 Å². The van der Waals surface area contributed by atoms with Gasteiger partial charge in [0.25, 0.3) is 0 Å². The molecule has 0 atom stereocenters. The molecule has 0 fully saturated rings. The van der Waals surface area contributed by atoms with Gasteiger partial charge < -0.3 is 10.2 Å². The summed E-state index contributed by atoms with van der Waals surface area (Å²) in [6, 6.07) is 0. The third-order valence-electron chi connectivity index (χ3n) is 0.471. The van der Waals surface area contributed by atoms with Crippen LogP contribution in [0.1, 0.15) is 13.8 Å². The number of ether oxygens (including phenoxy) is 1. The Kier molecular flexibility index (Phi) is 33.3. The van der Waals surface area contributed by atoms with Crippen molar-refractivity contribution in [1.29, 1.82) is 0 Å². The fourth-order valence-electron chi connectivity index (χ4n) is 0. The van der Waals surface area contributed by atoms with Crippen LogP contribution in [-0.4, -0.2) is 25.4 Å². The van der Waals surface area contributed by atoms with Crippen LogP contribution in [0.25, 0.3) is 0 Å². The lowest BCUT2D eigenvalue weighted by atomic mass is 10.5. The third-order valence-corrected chi connectivity index (χ3v) is 0.471. The minimum absolute atomic E-state index is 0. The molecule has 0 bridgehead atoms. The number of hydrogen-bond acceptors (Lipinski definition) is 1. The van der Waals surface area contributed by atoms with E-state index in [-0.39, 0.29) is 10.2 Å². The van der Waals surface area contributed by atoms with Gasteiger partial charge in [-0.2, -0.15) is 13.2 Å². The summed E-state index contributed by atoms with van der Waals surface area (Å²) in [7, 11) is 1.70. The molecule has 0 rings (SSSR count). The molecule has 6 heteroatoms. The van der Waals surface area contributed by atoms with E-state index in [1.807, 2.05) is 13.8 Å². The van der Waals surface area contributed by atoms with Crippen LogP contribution < -0.4 is 0 Å². The zero-order chi connectivity index (χ0) is 7.86. The van der Waals surface area contributed by atoms with Crippen molar-refractivity contribution in [2.45, 2.75) is 26.6 Å². The molecule has 0 aromatic heterocycles. The summed E-state index contributed by atoms with van der Waals surface area (Å²) < 4.78 is 33.8. The van der Waals surface area contributed by atoms with Crippen LogP contribution in [-0.2, 0) is 4.74 Å². The van der Waals surface area contributed by atoms with E-state index < -0.39 is 6.68 Å². The van der Waals surface area contributed by atoms with Crippen LogP contribution >= 0.6 is 0 Å². The van der Waals surface area contributed by atoms with Gasteiger partial charge in [-0.1, -0.05) is 0 Å². The van der Waals surface area contributed by atoms with Crippen molar-refractivity contribution in [3.05, 3.63) is 0 Å². The Morgan fingerprint density at radius 2 is 1.18 bits per heavy atom. The molecule has 0 saturated heterocycles. The van der Waals surface area contributed by atoms with Crippen molar-refractivity contribution in [1.82, 2.24) is 0 Å². The highest BCUT2D eigenvalue weighted by molar-refractivity contribution is 4.27. The Balaban J connectivity index is -0.0000000383. The molecule has 0 aliphatic rings. The maximum absolute atomic E-state index is 9.67. The maximum atomic E-state index is 9.67. The van der Waals surface area contributed by atoms with Gasteiger partial charge in [0.15, 0.2) is 0 Å². The second-order valence-corrected chi connectivity index (χ2v) is 1.53. The van der Waals surface area contributed by atoms with E-state index in [1.165, 1.54) is 0 Å². The molecule has 0 unspecified atom stereocenters. The number of alkyl halides is 3. The number of hydrogen-bond donors (Lipinski definition) is 0. The molecule has 0 aliphatic heterocycles. The lowest BCUT2D eigenvalue weighted by molar-refractivity contribution is 0.00819. The van der Waals surface area contributed by atoms with Crippen LogP contribution in [0, 0.1) is 0 Å². The van der Waals surface area contributed by atoms with Crippen molar-refractivity contribution in [3.63, 3.8) is 0 Å². The molecule has 2 N–H and O–H groups in total. The summed E-state index contributed by atoms with van der Waals surface area (Å²) in [6.45, 7) is 0.333. The third kappa shape index (κ3) is 209. The monoisotopic (exact) mass is 182 g/mol. The number of methoxy groups -OCH3 is 1. The van der Waals surface area contributed by atoms with Gasteiger partial charge in [0, 0.05) is 7.11 Å². The first-order valence-electron chi connectivity index (χ1n) is 2.45. The van der Waals surface area contributed by atoms with E-state index in [1.54, 1.807) is 7.11 Å². The Morgan fingerprint density at radius 1 is 1.09 bits per heavy atom. The summed E-state index contributed by atoms with van der Waals surface area (Å²) >= 11 is 0. The van der Waals surface area contributed by atoms with Gasteiger partial charge in [-0.05, 0) is 13.8 Å². The Morgan fingerprint density at radius 3 is 1.18 bits per heavy atom. The van der Waals surface area contributed by atoms with E-state index in [9.17, 15) is 13.2 Å². The zero-order valence-electron chi connectivity index (χ0n) is 6.61. The molecule has 0 aliphatic carbocycles. The SMILES string of the molecule is COC(C)C.F.FC(F)F.O. The van der Waals surface area contributed by atoms with Crippen molar-refractivity contribution in [2.75, 3.05) is 7.11 Å². The molecular weight excluding hydrogens is 168 g/mol. The normalized spacial score (nSPS) is 7.64. The molecule has 0 spiro atoms. The summed E-state index contributed by atoms with van der Waals surface area (Å²) in [5, 5.41) is 0. The fraction of sp³-hybridized carbons (Fsp3) is 1.00. The van der Waals surface area contributed by atoms with Gasteiger partial charge in [-0.3, -0.25) is 4.70 Å². The number of halogens is 4. The molecule has 74 valence electrons. The molecular formula is C5H14F4O2. The summed E-state index contributed by atoms with van der Waals surface area (Å²) in [5.41, 5.74) is 0. The van der Waals surface area contributed by atoms with E-state index >= 15 is 0 Å². The second-order valence-electron chi connectivity index (χ2n) is 1.53. The molecule has 0 aromatic carbocycles. The highest BCUT2D eigenvalue weighted by atomic mass is 19.4. The van der Waals surface area contributed by atoms with Crippen molar-refractivity contribution in [3.8, 4) is 0 Å². The predicted octanol–water partition coefficient (Wildman–Crippen LogP) is 1.55. The average Bonchev–Trinajstić information content (AvgIpc) is 1.65. The predicted molar refractivity (Wildman–Crippen MR) is 35.4 cm³/mol. The van der Waals surface area contributed by atoms with Crippen LogP contribution in [0.2, 0.25) is 0 Å². The summed E-state index contributed by atoms with van der Waals surface area (Å²) in [6.07, 6.45) is 0.384. The lowest BCUT2D eigenvalue weighted by Crippen LogP contribution is -1.94. The van der Waals surface area contributed by atoms with Crippen LogP contribution in [0.3, 0.4) is 0 Å². The lowest BCUT2D eigenvalue weighted by Gasteiger charge is -1.94. The highest BCUT2D eigenvalue weighted by Crippen LogP contribution is 1.87. The van der Waals surface area contributed by atoms with E-state index in [0.717, 1.165) is 0 Å². The van der Waals surface area contributed by atoms with Crippen LogP contribution in [0.5, 0.6) is 0 Å². The Bertz CT molecular complexity index is 49.0. The molecule has 0 heterocycles. The number of rotatable bonds is 1. The molecule has 2 nitrogen and oxygen atoms in total. The van der Waals surface area contributed by atoms with Crippen molar-refractivity contribution in [2.24, 2.45) is 0 Å². The average molecular weight is 182 g/mol. The standard InChI is InChI=1S/C4H10O.CHF3.FH.H2O/c1-4(2)5-3;2-1(3)4;;/h4H,1-3H3;1H;1H;1H2. The Hall–Kier alpha value is -0.360. The molecule has 11 heavy (non-hydrogen) atoms. The van der Waals surface area contributed by atoms with E-state index in [2.05, 4.69) is 0 Å². The second kappa shape index (κ2) is 16.3. The van der Waals surface area contributed by atoms with Crippen LogP contribution in [0.15, 0.2) is 0 Å². The van der Waals surface area contributed by atoms with Crippen molar-refractivity contribution < 1.29 is 28.1 Å². The summed E-state index contributed by atoms with van der Waals surface area (Å²) in [5.74, 6) is 0. The molecule has 0 radical (unpaired) electrons. The maximum Gasteiger partial charge on any atom is 0.379 e. The minimum Gasteiger partial charge on any atom is -0.412 e. The van der Waals surface area contributed by atoms with Gasteiger partial charge in [0.1, 0.15) is 0 Å². The minimum atomic E-state index is -3.67. The Labute approximate surface area is 63.0 Å². The van der Waals surface area contributed by atoms with Gasteiger partial charge in [-0.25, -0.2) is 0 Å². The van der Waals surface area contributed by atoms with Crippen LogP contribution in [0.4, 0.5) is 17.9 Å².